The molecule has 1 fully saturated rings. The summed E-state index contributed by atoms with van der Waals surface area (Å²) in [6.07, 6.45) is 0.716. The molecule has 0 N–H and O–H groups in total. The summed E-state index contributed by atoms with van der Waals surface area (Å²) >= 11 is 0. The van der Waals surface area contributed by atoms with E-state index in [1.165, 1.54) is 5.56 Å². The van der Waals surface area contributed by atoms with Gasteiger partial charge < -0.3 is 18.9 Å². The molecule has 1 amide bonds. The number of methoxy groups -OCH3 is 1. The number of likely N-dealkylation sites (tertiary alicyclic amines) is 1. The highest BCUT2D eigenvalue weighted by Crippen LogP contribution is 2.27. The molecule has 24 heavy (non-hydrogen) atoms. The second-order valence-electron chi connectivity index (χ2n) is 6.30. The Bertz CT molecular complexity index is 710. The molecule has 1 saturated heterocycles. The largest absolute Gasteiger partial charge is 0.491 e. The number of amides is 1. The molecule has 0 bridgehead atoms. The Hall–Kier alpha value is -2.34. The van der Waals surface area contributed by atoms with Crippen molar-refractivity contribution < 1.29 is 18.8 Å². The van der Waals surface area contributed by atoms with Crippen molar-refractivity contribution in [3.8, 4) is 5.75 Å². The van der Waals surface area contributed by atoms with Crippen LogP contribution in [-0.2, 0) is 4.74 Å². The number of carbonyl (C=O) groups excluding carboxylic acids is 1. The fourth-order valence-corrected chi connectivity index (χ4v) is 2.83. The van der Waals surface area contributed by atoms with Gasteiger partial charge in [-0.05, 0) is 32.4 Å². The summed E-state index contributed by atoms with van der Waals surface area (Å²) in [6, 6.07) is 9.54. The molecule has 1 atom stereocenters. The molecule has 1 aromatic heterocycles. The zero-order chi connectivity index (χ0) is 17.2. The third-order valence-corrected chi connectivity index (χ3v) is 4.40. The van der Waals surface area contributed by atoms with Gasteiger partial charge in [-0.3, -0.25) is 4.79 Å². The summed E-state index contributed by atoms with van der Waals surface area (Å²) in [4.78, 5) is 14.2. The molecule has 0 aliphatic carbocycles. The van der Waals surface area contributed by atoms with Crippen LogP contribution in [0.2, 0.25) is 0 Å². The summed E-state index contributed by atoms with van der Waals surface area (Å²) < 4.78 is 16.6. The lowest BCUT2D eigenvalue weighted by Gasteiger charge is -2.27. The number of aromatic nitrogens is 1. The van der Waals surface area contributed by atoms with Crippen LogP contribution in [0.1, 0.15) is 28.2 Å². The van der Waals surface area contributed by atoms with Crippen LogP contribution in [0.3, 0.4) is 0 Å². The van der Waals surface area contributed by atoms with Gasteiger partial charge in [-0.1, -0.05) is 22.9 Å². The third kappa shape index (κ3) is 3.43. The molecule has 1 unspecified atom stereocenters. The van der Waals surface area contributed by atoms with Gasteiger partial charge in [-0.25, -0.2) is 0 Å². The van der Waals surface area contributed by atoms with E-state index < -0.39 is 5.60 Å². The number of nitrogens with zero attached hydrogens (tertiary/aromatic N) is 2. The van der Waals surface area contributed by atoms with Gasteiger partial charge in [-0.15, -0.1) is 0 Å². The van der Waals surface area contributed by atoms with E-state index in [9.17, 15) is 4.79 Å². The molecule has 3 rings (SSSR count). The Labute approximate surface area is 141 Å². The Morgan fingerprint density at radius 2 is 2.08 bits per heavy atom. The first-order valence-corrected chi connectivity index (χ1v) is 7.99. The van der Waals surface area contributed by atoms with Crippen LogP contribution in [0.5, 0.6) is 5.75 Å². The van der Waals surface area contributed by atoms with E-state index in [0.717, 1.165) is 5.75 Å². The second-order valence-corrected chi connectivity index (χ2v) is 6.30. The van der Waals surface area contributed by atoms with Crippen LogP contribution < -0.4 is 4.74 Å². The zero-order valence-electron chi connectivity index (χ0n) is 14.2. The Morgan fingerprint density at radius 3 is 2.71 bits per heavy atom. The molecule has 1 aliphatic heterocycles. The van der Waals surface area contributed by atoms with E-state index in [4.69, 9.17) is 14.0 Å². The van der Waals surface area contributed by atoms with E-state index in [0.29, 0.717) is 31.8 Å². The molecule has 2 aromatic rings. The van der Waals surface area contributed by atoms with Crippen molar-refractivity contribution in [2.75, 3.05) is 26.8 Å². The van der Waals surface area contributed by atoms with E-state index in [2.05, 4.69) is 5.16 Å². The Kier molecular flexibility index (Phi) is 4.57. The lowest BCUT2D eigenvalue weighted by atomic mass is 10.0. The summed E-state index contributed by atoms with van der Waals surface area (Å²) in [5.74, 6) is 0.899. The van der Waals surface area contributed by atoms with Gasteiger partial charge in [0.15, 0.2) is 0 Å². The number of benzene rings is 1. The smallest absolute Gasteiger partial charge is 0.292 e. The zero-order valence-corrected chi connectivity index (χ0v) is 14.2. The van der Waals surface area contributed by atoms with Crippen LogP contribution in [0, 0.1) is 13.8 Å². The SMILES string of the molecule is COC1(COc2ccc(C)cc2)CCN(C(=O)c2cc(C)no2)C1. The highest BCUT2D eigenvalue weighted by atomic mass is 16.5. The predicted octanol–water partition coefficient (Wildman–Crippen LogP) is 2.60. The van der Waals surface area contributed by atoms with Crippen molar-refractivity contribution in [1.29, 1.82) is 0 Å². The molecule has 128 valence electrons. The topological polar surface area (TPSA) is 64.8 Å². The molecule has 1 aliphatic rings. The second kappa shape index (κ2) is 6.65. The first kappa shape index (κ1) is 16.5. The van der Waals surface area contributed by atoms with Crippen LogP contribution >= 0.6 is 0 Å². The predicted molar refractivity (Wildman–Crippen MR) is 88.2 cm³/mol. The average Bonchev–Trinajstić information content (AvgIpc) is 3.21. The minimum absolute atomic E-state index is 0.162. The molecule has 2 heterocycles. The molecule has 6 nitrogen and oxygen atoms in total. The van der Waals surface area contributed by atoms with E-state index in [1.54, 1.807) is 25.0 Å². The van der Waals surface area contributed by atoms with Crippen molar-refractivity contribution >= 4 is 5.91 Å². The quantitative estimate of drug-likeness (QED) is 0.843. The van der Waals surface area contributed by atoms with Gasteiger partial charge in [0.1, 0.15) is 18.0 Å². The number of hydrogen-bond acceptors (Lipinski definition) is 5. The Morgan fingerprint density at radius 1 is 1.33 bits per heavy atom. The van der Waals surface area contributed by atoms with E-state index in [1.807, 2.05) is 31.2 Å². The van der Waals surface area contributed by atoms with Crippen LogP contribution in [0.25, 0.3) is 0 Å². The standard InChI is InChI=1S/C18H22N2O4/c1-13-4-6-15(7-5-13)23-12-18(22-3)8-9-20(11-18)17(21)16-10-14(2)19-24-16/h4-7,10H,8-9,11-12H2,1-3H3. The van der Waals surface area contributed by atoms with Crippen LogP contribution in [-0.4, -0.2) is 48.4 Å². The summed E-state index contributed by atoms with van der Waals surface area (Å²) in [5.41, 5.74) is 1.37. The lowest BCUT2D eigenvalue weighted by Crippen LogP contribution is -2.42. The lowest BCUT2D eigenvalue weighted by molar-refractivity contribution is -0.0344. The fraction of sp³-hybridized carbons (Fsp3) is 0.444. The van der Waals surface area contributed by atoms with Gasteiger partial charge in [0, 0.05) is 19.7 Å². The molecular formula is C18H22N2O4. The van der Waals surface area contributed by atoms with E-state index >= 15 is 0 Å². The summed E-state index contributed by atoms with van der Waals surface area (Å²) in [6.45, 7) is 5.29. The molecular weight excluding hydrogens is 308 g/mol. The van der Waals surface area contributed by atoms with Crippen LogP contribution in [0.4, 0.5) is 0 Å². The number of hydrogen-bond donors (Lipinski definition) is 0. The highest BCUT2D eigenvalue weighted by molar-refractivity contribution is 5.91. The summed E-state index contributed by atoms with van der Waals surface area (Å²) in [5, 5.41) is 3.77. The number of rotatable bonds is 5. The van der Waals surface area contributed by atoms with Gasteiger partial charge in [0.05, 0.1) is 12.2 Å². The van der Waals surface area contributed by atoms with Crippen molar-refractivity contribution in [3.63, 3.8) is 0 Å². The number of aryl methyl sites for hydroxylation is 2. The first-order chi connectivity index (χ1) is 11.5. The molecule has 0 spiro atoms. The minimum Gasteiger partial charge on any atom is -0.491 e. The maximum Gasteiger partial charge on any atom is 0.292 e. The summed E-state index contributed by atoms with van der Waals surface area (Å²) in [7, 11) is 1.66. The van der Waals surface area contributed by atoms with Crippen molar-refractivity contribution in [3.05, 3.63) is 47.3 Å². The normalized spacial score (nSPS) is 20.4. The third-order valence-electron chi connectivity index (χ3n) is 4.40. The molecule has 0 radical (unpaired) electrons. The average molecular weight is 330 g/mol. The first-order valence-electron chi connectivity index (χ1n) is 7.99. The molecule has 0 saturated carbocycles. The maximum atomic E-state index is 12.5. The molecule has 6 heteroatoms. The van der Waals surface area contributed by atoms with Crippen molar-refractivity contribution in [1.82, 2.24) is 10.1 Å². The number of carbonyl (C=O) groups is 1. The minimum atomic E-state index is -0.504. The van der Waals surface area contributed by atoms with Crippen molar-refractivity contribution in [2.24, 2.45) is 0 Å². The fourth-order valence-electron chi connectivity index (χ4n) is 2.83. The maximum absolute atomic E-state index is 12.5. The number of ether oxygens (including phenoxy) is 2. The van der Waals surface area contributed by atoms with Gasteiger partial charge >= 0.3 is 0 Å². The van der Waals surface area contributed by atoms with Gasteiger partial charge in [0.2, 0.25) is 5.76 Å². The highest BCUT2D eigenvalue weighted by Gasteiger charge is 2.42. The van der Waals surface area contributed by atoms with E-state index in [-0.39, 0.29) is 11.7 Å². The van der Waals surface area contributed by atoms with Gasteiger partial charge in [-0.2, -0.15) is 0 Å². The molecule has 1 aromatic carbocycles. The Balaban J connectivity index is 1.64. The van der Waals surface area contributed by atoms with Crippen molar-refractivity contribution in [2.45, 2.75) is 25.9 Å². The monoisotopic (exact) mass is 330 g/mol. The van der Waals surface area contributed by atoms with Gasteiger partial charge in [0.25, 0.3) is 5.91 Å². The van der Waals surface area contributed by atoms with Crippen LogP contribution in [0.15, 0.2) is 34.9 Å².